The van der Waals surface area contributed by atoms with E-state index in [-0.39, 0.29) is 18.7 Å². The molecule has 5 heteroatoms. The van der Waals surface area contributed by atoms with Crippen molar-refractivity contribution in [2.75, 3.05) is 0 Å². The third kappa shape index (κ3) is 5.42. The smallest absolute Gasteiger partial charge is 0.303 e. The van der Waals surface area contributed by atoms with Gasteiger partial charge in [-0.1, -0.05) is 28.1 Å². The molecule has 0 unspecified atom stereocenters. The Kier molecular flexibility index (Phi) is 5.54. The monoisotopic (exact) mass is 327 g/mol. The summed E-state index contributed by atoms with van der Waals surface area (Å²) in [5.41, 5.74) is 0.531. The highest BCUT2D eigenvalue weighted by atomic mass is 79.9. The van der Waals surface area contributed by atoms with Gasteiger partial charge >= 0.3 is 5.97 Å². The SMILES string of the molecule is CC(C)(NC(=O)CCCC(=O)O)c1ccc(Br)cc1. The molecule has 1 aromatic carbocycles. The molecule has 1 amide bonds. The second kappa shape index (κ2) is 6.70. The van der Waals surface area contributed by atoms with Gasteiger partial charge in [0, 0.05) is 17.3 Å². The predicted octanol–water partition coefficient (Wildman–Crippen LogP) is 3.06. The lowest BCUT2D eigenvalue weighted by molar-refractivity contribution is -0.137. The summed E-state index contributed by atoms with van der Waals surface area (Å²) in [7, 11) is 0. The summed E-state index contributed by atoms with van der Waals surface area (Å²) in [6.07, 6.45) is 0.607. The van der Waals surface area contributed by atoms with Crippen molar-refractivity contribution in [3.05, 3.63) is 34.3 Å². The molecule has 4 nitrogen and oxygen atoms in total. The average Bonchev–Trinajstić information content (AvgIpc) is 2.28. The molecule has 104 valence electrons. The zero-order valence-electron chi connectivity index (χ0n) is 11.1. The molecular formula is C14H18BrNO3. The van der Waals surface area contributed by atoms with Crippen molar-refractivity contribution >= 4 is 27.8 Å². The minimum absolute atomic E-state index is 0.0200. The largest absolute Gasteiger partial charge is 0.481 e. The summed E-state index contributed by atoms with van der Waals surface area (Å²) < 4.78 is 0.986. The molecular weight excluding hydrogens is 310 g/mol. The topological polar surface area (TPSA) is 66.4 Å². The number of hydrogen-bond acceptors (Lipinski definition) is 2. The summed E-state index contributed by atoms with van der Waals surface area (Å²) in [4.78, 5) is 22.2. The lowest BCUT2D eigenvalue weighted by Crippen LogP contribution is -2.40. The minimum atomic E-state index is -0.875. The fourth-order valence-electron chi connectivity index (χ4n) is 1.75. The Hall–Kier alpha value is -1.36. The van der Waals surface area contributed by atoms with Crippen LogP contribution >= 0.6 is 15.9 Å². The molecule has 0 heterocycles. The Bertz CT molecular complexity index is 454. The van der Waals surface area contributed by atoms with Crippen molar-refractivity contribution in [2.24, 2.45) is 0 Å². The molecule has 0 aromatic heterocycles. The zero-order chi connectivity index (χ0) is 14.5. The molecule has 0 aliphatic carbocycles. The van der Waals surface area contributed by atoms with Crippen molar-refractivity contribution in [3.8, 4) is 0 Å². The summed E-state index contributed by atoms with van der Waals surface area (Å²) in [5.74, 6) is -1.01. The Morgan fingerprint density at radius 1 is 1.21 bits per heavy atom. The first-order valence-corrected chi connectivity index (χ1v) is 6.89. The van der Waals surface area contributed by atoms with Gasteiger partial charge in [-0.3, -0.25) is 9.59 Å². The Morgan fingerprint density at radius 2 is 1.79 bits per heavy atom. The van der Waals surface area contributed by atoms with E-state index in [0.717, 1.165) is 10.0 Å². The Morgan fingerprint density at radius 3 is 2.32 bits per heavy atom. The van der Waals surface area contributed by atoms with Crippen LogP contribution in [0.15, 0.2) is 28.7 Å². The van der Waals surface area contributed by atoms with Gasteiger partial charge < -0.3 is 10.4 Å². The van der Waals surface area contributed by atoms with Crippen molar-refractivity contribution in [1.29, 1.82) is 0 Å². The van der Waals surface area contributed by atoms with Crippen LogP contribution in [0.2, 0.25) is 0 Å². The van der Waals surface area contributed by atoms with E-state index in [4.69, 9.17) is 5.11 Å². The Balaban J connectivity index is 2.56. The number of halogens is 1. The van der Waals surface area contributed by atoms with E-state index in [1.165, 1.54) is 0 Å². The molecule has 0 radical (unpaired) electrons. The lowest BCUT2D eigenvalue weighted by atomic mass is 9.94. The van der Waals surface area contributed by atoms with Gasteiger partial charge in [0.1, 0.15) is 0 Å². The molecule has 0 spiro atoms. The third-order valence-electron chi connectivity index (χ3n) is 2.81. The maximum atomic E-state index is 11.8. The molecule has 0 aliphatic rings. The number of nitrogens with one attached hydrogen (secondary N) is 1. The first-order valence-electron chi connectivity index (χ1n) is 6.10. The normalized spacial score (nSPS) is 11.1. The molecule has 0 bridgehead atoms. The lowest BCUT2D eigenvalue weighted by Gasteiger charge is -2.27. The minimum Gasteiger partial charge on any atom is -0.481 e. The third-order valence-corrected chi connectivity index (χ3v) is 3.34. The number of carboxylic acid groups (broad SMARTS) is 1. The molecule has 0 saturated carbocycles. The van der Waals surface area contributed by atoms with Crippen LogP contribution in [0.3, 0.4) is 0 Å². The van der Waals surface area contributed by atoms with Crippen LogP contribution in [-0.2, 0) is 15.1 Å². The van der Waals surface area contributed by atoms with Gasteiger partial charge in [-0.05, 0) is 38.0 Å². The quantitative estimate of drug-likeness (QED) is 0.843. The molecule has 0 atom stereocenters. The van der Waals surface area contributed by atoms with Crippen LogP contribution < -0.4 is 5.32 Å². The predicted molar refractivity (Wildman–Crippen MR) is 76.8 cm³/mol. The standard InChI is InChI=1S/C14H18BrNO3/c1-14(2,10-6-8-11(15)9-7-10)16-12(17)4-3-5-13(18)19/h6-9H,3-5H2,1-2H3,(H,16,17)(H,18,19). The van der Waals surface area contributed by atoms with Gasteiger partial charge in [0.05, 0.1) is 5.54 Å². The van der Waals surface area contributed by atoms with Crippen molar-refractivity contribution in [1.82, 2.24) is 5.32 Å². The van der Waals surface area contributed by atoms with Gasteiger partial charge in [0.2, 0.25) is 5.91 Å². The van der Waals surface area contributed by atoms with Gasteiger partial charge in [0.15, 0.2) is 0 Å². The van der Waals surface area contributed by atoms with Crippen molar-refractivity contribution in [3.63, 3.8) is 0 Å². The van der Waals surface area contributed by atoms with Gasteiger partial charge in [-0.15, -0.1) is 0 Å². The maximum absolute atomic E-state index is 11.8. The zero-order valence-corrected chi connectivity index (χ0v) is 12.7. The van der Waals surface area contributed by atoms with Gasteiger partial charge in [-0.25, -0.2) is 0 Å². The molecule has 1 aromatic rings. The molecule has 0 fully saturated rings. The van der Waals surface area contributed by atoms with E-state index in [0.29, 0.717) is 6.42 Å². The summed E-state index contributed by atoms with van der Waals surface area (Å²) in [6, 6.07) is 7.74. The van der Waals surface area contributed by atoms with Gasteiger partial charge in [-0.2, -0.15) is 0 Å². The van der Waals surface area contributed by atoms with Crippen LogP contribution in [0.1, 0.15) is 38.7 Å². The first-order chi connectivity index (χ1) is 8.81. The average molecular weight is 328 g/mol. The van der Waals surface area contributed by atoms with E-state index >= 15 is 0 Å². The van der Waals surface area contributed by atoms with Crippen LogP contribution in [0.5, 0.6) is 0 Å². The van der Waals surface area contributed by atoms with E-state index < -0.39 is 11.5 Å². The van der Waals surface area contributed by atoms with Crippen molar-refractivity contribution in [2.45, 2.75) is 38.6 Å². The summed E-state index contributed by atoms with van der Waals surface area (Å²) in [5, 5.41) is 11.4. The number of carbonyl (C=O) groups excluding carboxylic acids is 1. The number of hydrogen-bond donors (Lipinski definition) is 2. The molecule has 1 rings (SSSR count). The second-order valence-corrected chi connectivity index (χ2v) is 5.84. The number of carboxylic acids is 1. The highest BCUT2D eigenvalue weighted by molar-refractivity contribution is 9.10. The van der Waals surface area contributed by atoms with Crippen LogP contribution in [0, 0.1) is 0 Å². The van der Waals surface area contributed by atoms with Crippen LogP contribution in [-0.4, -0.2) is 17.0 Å². The fourth-order valence-corrected chi connectivity index (χ4v) is 2.01. The summed E-state index contributed by atoms with van der Waals surface area (Å²) in [6.45, 7) is 3.84. The summed E-state index contributed by atoms with van der Waals surface area (Å²) >= 11 is 3.37. The Labute approximate surface area is 121 Å². The van der Waals surface area contributed by atoms with Gasteiger partial charge in [0.25, 0.3) is 0 Å². The number of carbonyl (C=O) groups is 2. The highest BCUT2D eigenvalue weighted by Crippen LogP contribution is 2.22. The van der Waals surface area contributed by atoms with Crippen LogP contribution in [0.4, 0.5) is 0 Å². The number of benzene rings is 1. The molecule has 19 heavy (non-hydrogen) atoms. The molecule has 0 aliphatic heterocycles. The van der Waals surface area contributed by atoms with E-state index in [1.54, 1.807) is 0 Å². The van der Waals surface area contributed by atoms with Crippen LogP contribution in [0.25, 0.3) is 0 Å². The maximum Gasteiger partial charge on any atom is 0.303 e. The highest BCUT2D eigenvalue weighted by Gasteiger charge is 2.22. The number of rotatable bonds is 6. The second-order valence-electron chi connectivity index (χ2n) is 4.93. The van der Waals surface area contributed by atoms with E-state index in [2.05, 4.69) is 21.2 Å². The number of amides is 1. The first kappa shape index (κ1) is 15.7. The molecule has 0 saturated heterocycles. The van der Waals surface area contributed by atoms with E-state index in [1.807, 2.05) is 38.1 Å². The molecule has 2 N–H and O–H groups in total. The fraction of sp³-hybridized carbons (Fsp3) is 0.429. The van der Waals surface area contributed by atoms with Crippen molar-refractivity contribution < 1.29 is 14.7 Å². The van der Waals surface area contributed by atoms with E-state index in [9.17, 15) is 9.59 Å². The number of aliphatic carboxylic acids is 1.